The Labute approximate surface area is 129 Å². The standard InChI is InChI=1S/C16H32N2O3/c1-7-14(12(2)3)17-10-13-11-20-9-8-18(13)15(19)21-16(4,5)6/h12-14,17H,7-11H2,1-6H3. The molecule has 1 fully saturated rings. The van der Waals surface area contributed by atoms with Crippen LogP contribution in [0.25, 0.3) is 0 Å². The maximum absolute atomic E-state index is 12.3. The van der Waals surface area contributed by atoms with Gasteiger partial charge in [0.25, 0.3) is 0 Å². The van der Waals surface area contributed by atoms with Gasteiger partial charge in [0.1, 0.15) is 5.60 Å². The van der Waals surface area contributed by atoms with E-state index in [4.69, 9.17) is 9.47 Å². The summed E-state index contributed by atoms with van der Waals surface area (Å²) in [5, 5.41) is 3.56. The highest BCUT2D eigenvalue weighted by molar-refractivity contribution is 5.68. The van der Waals surface area contributed by atoms with Gasteiger partial charge < -0.3 is 14.8 Å². The molecule has 1 amide bonds. The molecular formula is C16H32N2O3. The van der Waals surface area contributed by atoms with Gasteiger partial charge in [-0.2, -0.15) is 0 Å². The molecule has 1 N–H and O–H groups in total. The van der Waals surface area contributed by atoms with Crippen molar-refractivity contribution in [1.82, 2.24) is 10.2 Å². The van der Waals surface area contributed by atoms with Crippen LogP contribution < -0.4 is 5.32 Å². The third-order valence-electron chi connectivity index (χ3n) is 3.72. The molecule has 0 radical (unpaired) electrons. The van der Waals surface area contributed by atoms with Crippen molar-refractivity contribution in [2.75, 3.05) is 26.3 Å². The molecule has 0 aromatic carbocycles. The Balaban J connectivity index is 2.58. The Morgan fingerprint density at radius 1 is 1.43 bits per heavy atom. The average molecular weight is 300 g/mol. The number of nitrogens with one attached hydrogen (secondary N) is 1. The number of morpholine rings is 1. The smallest absolute Gasteiger partial charge is 0.410 e. The zero-order valence-corrected chi connectivity index (χ0v) is 14.4. The lowest BCUT2D eigenvalue weighted by Crippen LogP contribution is -2.55. The summed E-state index contributed by atoms with van der Waals surface area (Å²) in [7, 11) is 0. The van der Waals surface area contributed by atoms with E-state index < -0.39 is 5.60 Å². The second-order valence-corrected chi connectivity index (χ2v) is 7.07. The van der Waals surface area contributed by atoms with Gasteiger partial charge in [-0.3, -0.25) is 4.90 Å². The molecule has 5 heteroatoms. The highest BCUT2D eigenvalue weighted by Crippen LogP contribution is 2.15. The van der Waals surface area contributed by atoms with E-state index in [1.165, 1.54) is 0 Å². The molecule has 0 saturated carbocycles. The molecule has 5 nitrogen and oxygen atoms in total. The molecule has 1 aliphatic rings. The molecule has 21 heavy (non-hydrogen) atoms. The van der Waals surface area contributed by atoms with Crippen LogP contribution in [0, 0.1) is 5.92 Å². The van der Waals surface area contributed by atoms with Gasteiger partial charge in [-0.25, -0.2) is 4.79 Å². The third kappa shape index (κ3) is 6.22. The predicted octanol–water partition coefficient (Wildman–Crippen LogP) is 2.65. The van der Waals surface area contributed by atoms with Crippen LogP contribution in [0.3, 0.4) is 0 Å². The van der Waals surface area contributed by atoms with E-state index in [-0.39, 0.29) is 12.1 Å². The summed E-state index contributed by atoms with van der Waals surface area (Å²) in [6.45, 7) is 14.8. The Morgan fingerprint density at radius 2 is 2.10 bits per heavy atom. The van der Waals surface area contributed by atoms with Gasteiger partial charge in [0.2, 0.25) is 0 Å². The number of carbonyl (C=O) groups is 1. The zero-order chi connectivity index (χ0) is 16.0. The van der Waals surface area contributed by atoms with Crippen molar-refractivity contribution in [1.29, 1.82) is 0 Å². The summed E-state index contributed by atoms with van der Waals surface area (Å²) in [6.07, 6.45) is 0.840. The Hall–Kier alpha value is -0.810. The van der Waals surface area contributed by atoms with E-state index in [9.17, 15) is 4.79 Å². The van der Waals surface area contributed by atoms with Gasteiger partial charge >= 0.3 is 6.09 Å². The molecule has 1 aliphatic heterocycles. The maximum Gasteiger partial charge on any atom is 0.410 e. The lowest BCUT2D eigenvalue weighted by molar-refractivity contribution is -0.0324. The van der Waals surface area contributed by atoms with Gasteiger partial charge in [-0.05, 0) is 33.1 Å². The van der Waals surface area contributed by atoms with Gasteiger partial charge in [-0.1, -0.05) is 20.8 Å². The molecule has 1 saturated heterocycles. The Morgan fingerprint density at radius 3 is 2.62 bits per heavy atom. The molecule has 1 rings (SSSR count). The number of ether oxygens (including phenoxy) is 2. The van der Waals surface area contributed by atoms with Gasteiger partial charge in [-0.15, -0.1) is 0 Å². The van der Waals surface area contributed by atoms with Crippen LogP contribution in [0.4, 0.5) is 4.79 Å². The van der Waals surface area contributed by atoms with Crippen LogP contribution in [0.15, 0.2) is 0 Å². The Bertz CT molecular complexity index is 326. The van der Waals surface area contributed by atoms with Crippen molar-refractivity contribution in [2.45, 2.75) is 65.6 Å². The van der Waals surface area contributed by atoms with Crippen LogP contribution in [-0.4, -0.2) is 55.0 Å². The van der Waals surface area contributed by atoms with E-state index >= 15 is 0 Å². The summed E-state index contributed by atoms with van der Waals surface area (Å²) in [6, 6.07) is 0.508. The lowest BCUT2D eigenvalue weighted by Gasteiger charge is -2.37. The molecule has 2 atom stereocenters. The second-order valence-electron chi connectivity index (χ2n) is 7.07. The SMILES string of the molecule is CCC(NCC1COCCN1C(=O)OC(C)(C)C)C(C)C. The first-order valence-electron chi connectivity index (χ1n) is 8.05. The van der Waals surface area contributed by atoms with Crippen molar-refractivity contribution < 1.29 is 14.3 Å². The normalized spacial score (nSPS) is 21.5. The van der Waals surface area contributed by atoms with Crippen molar-refractivity contribution in [3.05, 3.63) is 0 Å². The number of rotatable bonds is 5. The van der Waals surface area contributed by atoms with Crippen molar-refractivity contribution >= 4 is 6.09 Å². The first kappa shape index (κ1) is 18.2. The van der Waals surface area contributed by atoms with Crippen molar-refractivity contribution in [3.8, 4) is 0 Å². The molecule has 0 bridgehead atoms. The van der Waals surface area contributed by atoms with Gasteiger partial charge in [0.05, 0.1) is 19.3 Å². The van der Waals surface area contributed by atoms with Crippen LogP contribution in [0.5, 0.6) is 0 Å². The minimum absolute atomic E-state index is 0.0430. The molecule has 2 unspecified atom stereocenters. The second kappa shape index (κ2) is 7.99. The third-order valence-corrected chi connectivity index (χ3v) is 3.72. The summed E-state index contributed by atoms with van der Waals surface area (Å²) >= 11 is 0. The van der Waals surface area contributed by atoms with Crippen LogP contribution in [0.1, 0.15) is 48.0 Å². The quantitative estimate of drug-likeness (QED) is 0.848. The van der Waals surface area contributed by atoms with E-state index in [0.717, 1.165) is 13.0 Å². The predicted molar refractivity (Wildman–Crippen MR) is 84.5 cm³/mol. The van der Waals surface area contributed by atoms with Gasteiger partial charge in [0, 0.05) is 19.1 Å². The fourth-order valence-corrected chi connectivity index (χ4v) is 2.52. The van der Waals surface area contributed by atoms with Crippen LogP contribution in [0.2, 0.25) is 0 Å². The fraction of sp³-hybridized carbons (Fsp3) is 0.938. The van der Waals surface area contributed by atoms with Crippen molar-refractivity contribution in [2.24, 2.45) is 5.92 Å². The highest BCUT2D eigenvalue weighted by atomic mass is 16.6. The lowest BCUT2D eigenvalue weighted by atomic mass is 10.0. The van der Waals surface area contributed by atoms with Gasteiger partial charge in [0.15, 0.2) is 0 Å². The molecule has 0 aliphatic carbocycles. The highest BCUT2D eigenvalue weighted by Gasteiger charge is 2.31. The monoisotopic (exact) mass is 300 g/mol. The topological polar surface area (TPSA) is 50.8 Å². The van der Waals surface area contributed by atoms with Crippen LogP contribution in [-0.2, 0) is 9.47 Å². The number of hydrogen-bond donors (Lipinski definition) is 1. The maximum atomic E-state index is 12.3. The summed E-state index contributed by atoms with van der Waals surface area (Å²) in [5.74, 6) is 0.578. The molecule has 124 valence electrons. The fourth-order valence-electron chi connectivity index (χ4n) is 2.52. The van der Waals surface area contributed by atoms with E-state index in [1.807, 2.05) is 20.8 Å². The minimum atomic E-state index is -0.461. The number of hydrogen-bond acceptors (Lipinski definition) is 4. The first-order valence-corrected chi connectivity index (χ1v) is 8.05. The van der Waals surface area contributed by atoms with E-state index in [1.54, 1.807) is 4.90 Å². The first-order chi connectivity index (χ1) is 9.74. The van der Waals surface area contributed by atoms with E-state index in [0.29, 0.717) is 31.7 Å². The minimum Gasteiger partial charge on any atom is -0.444 e. The van der Waals surface area contributed by atoms with Crippen LogP contribution >= 0.6 is 0 Å². The van der Waals surface area contributed by atoms with E-state index in [2.05, 4.69) is 26.1 Å². The molecular weight excluding hydrogens is 268 g/mol. The molecule has 0 aromatic heterocycles. The van der Waals surface area contributed by atoms with Crippen molar-refractivity contribution in [3.63, 3.8) is 0 Å². The largest absolute Gasteiger partial charge is 0.444 e. The zero-order valence-electron chi connectivity index (χ0n) is 14.4. The molecule has 0 aromatic rings. The summed E-state index contributed by atoms with van der Waals surface area (Å²) in [5.41, 5.74) is -0.461. The molecule has 0 spiro atoms. The Kier molecular flexibility index (Phi) is 6.94. The summed E-state index contributed by atoms with van der Waals surface area (Å²) < 4.78 is 11.0. The average Bonchev–Trinajstić information content (AvgIpc) is 2.37. The molecule has 1 heterocycles. The number of carbonyl (C=O) groups excluding carboxylic acids is 1. The summed E-state index contributed by atoms with van der Waals surface area (Å²) in [4.78, 5) is 14.1. The number of amides is 1. The number of nitrogens with zero attached hydrogens (tertiary/aromatic N) is 1.